The molecule has 3 rings (SSSR count). The number of nitro benzene ring substituents is 1. The molecule has 0 radical (unpaired) electrons. The Morgan fingerprint density at radius 3 is 2.94 bits per heavy atom. The van der Waals surface area contributed by atoms with Gasteiger partial charge in [-0.25, -0.2) is 0 Å². The molecule has 0 saturated carbocycles. The molecule has 1 aromatic carbocycles. The van der Waals surface area contributed by atoms with Crippen molar-refractivity contribution in [3.63, 3.8) is 0 Å². The summed E-state index contributed by atoms with van der Waals surface area (Å²) >= 11 is 0. The summed E-state index contributed by atoms with van der Waals surface area (Å²) in [6.45, 7) is 1.06. The number of nitrogens with zero attached hydrogens (tertiary/aromatic N) is 2. The van der Waals surface area contributed by atoms with Crippen LogP contribution in [0.25, 0.3) is 11.1 Å². The summed E-state index contributed by atoms with van der Waals surface area (Å²) in [5.74, 6) is 0. The zero-order valence-corrected chi connectivity index (χ0v) is 10.0. The van der Waals surface area contributed by atoms with Gasteiger partial charge in [-0.3, -0.25) is 10.1 Å². The summed E-state index contributed by atoms with van der Waals surface area (Å²) in [5.41, 5.74) is 3.54. The molecular formula is C14H14N2O2. The van der Waals surface area contributed by atoms with Crippen molar-refractivity contribution in [2.45, 2.75) is 25.8 Å². The number of rotatable bonds is 2. The molecule has 2 aromatic rings. The Morgan fingerprint density at radius 1 is 1.22 bits per heavy atom. The van der Waals surface area contributed by atoms with E-state index in [1.807, 2.05) is 6.07 Å². The molecule has 1 aliphatic rings. The standard InChI is InChI=1S/C14H14N2O2/c17-16(18)12-5-3-4-11(10-12)13-7-9-15-8-2-1-6-14(13)15/h3-5,7,9-10H,1-2,6,8H2. The fraction of sp³-hybridized carbons (Fsp3) is 0.286. The lowest BCUT2D eigenvalue weighted by Crippen LogP contribution is -2.09. The van der Waals surface area contributed by atoms with Gasteiger partial charge >= 0.3 is 0 Å². The number of fused-ring (bicyclic) bond motifs is 1. The Bertz CT molecular complexity index is 602. The maximum Gasteiger partial charge on any atom is 0.270 e. The molecule has 2 heterocycles. The molecular weight excluding hydrogens is 228 g/mol. The van der Waals surface area contributed by atoms with Crippen LogP contribution < -0.4 is 0 Å². The molecule has 1 aromatic heterocycles. The Kier molecular flexibility index (Phi) is 2.63. The van der Waals surface area contributed by atoms with Gasteiger partial charge in [0.25, 0.3) is 5.69 Å². The third-order valence-electron chi connectivity index (χ3n) is 3.51. The van der Waals surface area contributed by atoms with Crippen molar-refractivity contribution in [2.24, 2.45) is 0 Å². The molecule has 0 bridgehead atoms. The van der Waals surface area contributed by atoms with Gasteiger partial charge in [-0.05, 0) is 30.9 Å². The Hall–Kier alpha value is -2.10. The number of nitro groups is 1. The molecule has 0 atom stereocenters. The van der Waals surface area contributed by atoms with E-state index in [1.54, 1.807) is 12.1 Å². The third kappa shape index (κ3) is 1.79. The fourth-order valence-electron chi connectivity index (χ4n) is 2.62. The first-order valence-electron chi connectivity index (χ1n) is 6.18. The first kappa shape index (κ1) is 11.0. The van der Waals surface area contributed by atoms with E-state index in [9.17, 15) is 10.1 Å². The van der Waals surface area contributed by atoms with Crippen LogP contribution in [0.1, 0.15) is 18.5 Å². The molecule has 4 nitrogen and oxygen atoms in total. The highest BCUT2D eigenvalue weighted by molar-refractivity contribution is 5.69. The topological polar surface area (TPSA) is 48.1 Å². The Labute approximate surface area is 105 Å². The van der Waals surface area contributed by atoms with Crippen molar-refractivity contribution in [2.75, 3.05) is 0 Å². The molecule has 1 aliphatic heterocycles. The third-order valence-corrected chi connectivity index (χ3v) is 3.51. The van der Waals surface area contributed by atoms with Crippen molar-refractivity contribution in [3.05, 3.63) is 52.3 Å². The summed E-state index contributed by atoms with van der Waals surface area (Å²) in [5, 5.41) is 10.8. The zero-order chi connectivity index (χ0) is 12.5. The maximum absolute atomic E-state index is 10.8. The van der Waals surface area contributed by atoms with Crippen LogP contribution in [-0.4, -0.2) is 9.49 Å². The number of hydrogen-bond acceptors (Lipinski definition) is 2. The van der Waals surface area contributed by atoms with Gasteiger partial charge in [0.1, 0.15) is 0 Å². The Morgan fingerprint density at radius 2 is 2.11 bits per heavy atom. The smallest absolute Gasteiger partial charge is 0.270 e. The van der Waals surface area contributed by atoms with Crippen LogP contribution in [0, 0.1) is 10.1 Å². The van der Waals surface area contributed by atoms with Gasteiger partial charge in [0.15, 0.2) is 0 Å². The van der Waals surface area contributed by atoms with E-state index < -0.39 is 0 Å². The summed E-state index contributed by atoms with van der Waals surface area (Å²) in [7, 11) is 0. The molecule has 0 amide bonds. The summed E-state index contributed by atoms with van der Waals surface area (Å²) in [4.78, 5) is 10.5. The predicted octanol–water partition coefficient (Wildman–Crippen LogP) is 3.40. The van der Waals surface area contributed by atoms with Crippen molar-refractivity contribution in [1.82, 2.24) is 4.57 Å². The van der Waals surface area contributed by atoms with Gasteiger partial charge in [0.2, 0.25) is 0 Å². The molecule has 18 heavy (non-hydrogen) atoms. The average molecular weight is 242 g/mol. The lowest BCUT2D eigenvalue weighted by Gasteiger charge is -2.16. The lowest BCUT2D eigenvalue weighted by atomic mass is 10.0. The molecule has 0 unspecified atom stereocenters. The lowest BCUT2D eigenvalue weighted by molar-refractivity contribution is -0.384. The van der Waals surface area contributed by atoms with Crippen molar-refractivity contribution < 1.29 is 4.92 Å². The number of hydrogen-bond donors (Lipinski definition) is 0. The fourth-order valence-corrected chi connectivity index (χ4v) is 2.62. The van der Waals surface area contributed by atoms with Gasteiger partial charge in [-0.15, -0.1) is 0 Å². The summed E-state index contributed by atoms with van der Waals surface area (Å²) in [6.07, 6.45) is 5.57. The van der Waals surface area contributed by atoms with Crippen LogP contribution in [0.2, 0.25) is 0 Å². The molecule has 0 fully saturated rings. The zero-order valence-electron chi connectivity index (χ0n) is 10.0. The number of aryl methyl sites for hydroxylation is 1. The van der Waals surface area contributed by atoms with Gasteiger partial charge in [-0.2, -0.15) is 0 Å². The van der Waals surface area contributed by atoms with Gasteiger partial charge in [-0.1, -0.05) is 12.1 Å². The number of benzene rings is 1. The average Bonchev–Trinajstić information content (AvgIpc) is 2.82. The second kappa shape index (κ2) is 4.29. The van der Waals surface area contributed by atoms with Crippen LogP contribution in [0.4, 0.5) is 5.69 Å². The minimum Gasteiger partial charge on any atom is -0.351 e. The highest BCUT2D eigenvalue weighted by Gasteiger charge is 2.15. The maximum atomic E-state index is 10.8. The van der Waals surface area contributed by atoms with Crippen LogP contribution >= 0.6 is 0 Å². The Balaban J connectivity index is 2.07. The van der Waals surface area contributed by atoms with Gasteiger partial charge in [0.05, 0.1) is 4.92 Å². The highest BCUT2D eigenvalue weighted by Crippen LogP contribution is 2.30. The van der Waals surface area contributed by atoms with Crippen molar-refractivity contribution in [3.8, 4) is 11.1 Å². The minimum absolute atomic E-state index is 0.156. The SMILES string of the molecule is O=[N+]([O-])c1cccc(-c2ccn3c2CCCC3)c1. The van der Waals surface area contributed by atoms with E-state index in [0.29, 0.717) is 0 Å². The normalized spacial score (nSPS) is 14.2. The van der Waals surface area contributed by atoms with Gasteiger partial charge in [0, 0.05) is 36.1 Å². The van der Waals surface area contributed by atoms with Crippen LogP contribution in [-0.2, 0) is 13.0 Å². The van der Waals surface area contributed by atoms with Crippen LogP contribution in [0.3, 0.4) is 0 Å². The van der Waals surface area contributed by atoms with Gasteiger partial charge < -0.3 is 4.57 Å². The van der Waals surface area contributed by atoms with E-state index in [4.69, 9.17) is 0 Å². The van der Waals surface area contributed by atoms with E-state index in [2.05, 4.69) is 16.8 Å². The molecule has 0 N–H and O–H groups in total. The second-order valence-electron chi connectivity index (χ2n) is 4.63. The van der Waals surface area contributed by atoms with E-state index in [1.165, 1.54) is 24.6 Å². The predicted molar refractivity (Wildman–Crippen MR) is 69.5 cm³/mol. The summed E-state index contributed by atoms with van der Waals surface area (Å²) in [6, 6.07) is 8.95. The monoisotopic (exact) mass is 242 g/mol. The van der Waals surface area contributed by atoms with Crippen LogP contribution in [0.5, 0.6) is 0 Å². The molecule has 4 heteroatoms. The van der Waals surface area contributed by atoms with Crippen molar-refractivity contribution >= 4 is 5.69 Å². The van der Waals surface area contributed by atoms with E-state index in [0.717, 1.165) is 24.1 Å². The van der Waals surface area contributed by atoms with Crippen LogP contribution in [0.15, 0.2) is 36.5 Å². The first-order valence-corrected chi connectivity index (χ1v) is 6.18. The minimum atomic E-state index is -0.341. The summed E-state index contributed by atoms with van der Waals surface area (Å²) < 4.78 is 2.26. The first-order chi connectivity index (χ1) is 8.75. The molecule has 0 aliphatic carbocycles. The highest BCUT2D eigenvalue weighted by atomic mass is 16.6. The molecule has 0 spiro atoms. The quantitative estimate of drug-likeness (QED) is 0.598. The van der Waals surface area contributed by atoms with Crippen molar-refractivity contribution in [1.29, 1.82) is 0 Å². The van der Waals surface area contributed by atoms with E-state index in [-0.39, 0.29) is 10.6 Å². The number of aromatic nitrogens is 1. The van der Waals surface area contributed by atoms with E-state index >= 15 is 0 Å². The largest absolute Gasteiger partial charge is 0.351 e. The molecule has 92 valence electrons. The second-order valence-corrected chi connectivity index (χ2v) is 4.63. The number of non-ortho nitro benzene ring substituents is 1. The molecule has 0 saturated heterocycles.